The Morgan fingerprint density at radius 3 is 2.53 bits per heavy atom. The van der Waals surface area contributed by atoms with Gasteiger partial charge in [-0.15, -0.1) is 0 Å². The molecule has 0 saturated carbocycles. The Kier molecular flexibility index (Phi) is 4.13. The molecule has 1 rings (SSSR count). The smallest absolute Gasteiger partial charge is 0.351 e. The van der Waals surface area contributed by atoms with Gasteiger partial charge in [-0.3, -0.25) is 0 Å². The number of nitriles is 1. The maximum absolute atomic E-state index is 11.8. The molecular formula is C12H13BrN2O2. The molecule has 1 aliphatic heterocycles. The molecule has 0 amide bonds. The molecule has 0 fully saturated rings. The van der Waals surface area contributed by atoms with E-state index in [9.17, 15) is 4.79 Å². The van der Waals surface area contributed by atoms with Gasteiger partial charge >= 0.3 is 5.97 Å². The zero-order chi connectivity index (χ0) is 13.1. The average Bonchev–Trinajstić information content (AvgIpc) is 2.19. The summed E-state index contributed by atoms with van der Waals surface area (Å²) in [6.45, 7) is 5.27. The number of hydrogen-bond acceptors (Lipinski definition) is 4. The molecule has 0 aliphatic carbocycles. The molecule has 0 bridgehead atoms. The van der Waals surface area contributed by atoms with Crippen molar-refractivity contribution in [1.29, 1.82) is 5.26 Å². The molecule has 0 unspecified atom stereocenters. The van der Waals surface area contributed by atoms with E-state index in [1.54, 1.807) is 39.1 Å². The fourth-order valence-electron chi connectivity index (χ4n) is 1.11. The average molecular weight is 297 g/mol. The van der Waals surface area contributed by atoms with E-state index in [4.69, 9.17) is 10.00 Å². The normalized spacial score (nSPS) is 17.7. The zero-order valence-corrected chi connectivity index (χ0v) is 11.5. The number of nitrogens with zero attached hydrogens (tertiary/aromatic N) is 1. The summed E-state index contributed by atoms with van der Waals surface area (Å²) >= 11 is 3.26. The van der Waals surface area contributed by atoms with Gasteiger partial charge in [-0.05, 0) is 48.9 Å². The summed E-state index contributed by atoms with van der Waals surface area (Å²) in [4.78, 5) is 11.8. The molecule has 17 heavy (non-hydrogen) atoms. The predicted molar refractivity (Wildman–Crippen MR) is 67.8 cm³/mol. The number of dihydropyridines is 1. The fourth-order valence-corrected chi connectivity index (χ4v) is 1.35. The van der Waals surface area contributed by atoms with Crippen LogP contribution in [0.3, 0.4) is 0 Å². The first kappa shape index (κ1) is 13.5. The monoisotopic (exact) mass is 296 g/mol. The summed E-state index contributed by atoms with van der Waals surface area (Å²) in [7, 11) is 0. The first-order valence-corrected chi connectivity index (χ1v) is 5.81. The summed E-state index contributed by atoms with van der Waals surface area (Å²) in [6.07, 6.45) is 5.04. The number of nitrogens with one attached hydrogen (secondary N) is 1. The lowest BCUT2D eigenvalue weighted by molar-refractivity contribution is -0.149. The highest BCUT2D eigenvalue weighted by molar-refractivity contribution is 9.11. The molecule has 0 aromatic heterocycles. The summed E-state index contributed by atoms with van der Waals surface area (Å²) < 4.78 is 5.98. The Bertz CT molecular complexity index is 462. The lowest BCUT2D eigenvalue weighted by atomic mass is 10.1. The minimum absolute atomic E-state index is 0.0348. The Morgan fingerprint density at radius 1 is 1.47 bits per heavy atom. The maximum atomic E-state index is 11.8. The highest BCUT2D eigenvalue weighted by Crippen LogP contribution is 2.17. The topological polar surface area (TPSA) is 62.1 Å². The number of rotatable bonds is 1. The van der Waals surface area contributed by atoms with E-state index in [0.717, 1.165) is 4.48 Å². The maximum Gasteiger partial charge on any atom is 0.351 e. The number of allylic oxidation sites excluding steroid dienone is 3. The van der Waals surface area contributed by atoms with Crippen LogP contribution in [-0.2, 0) is 9.53 Å². The van der Waals surface area contributed by atoms with Gasteiger partial charge in [-0.2, -0.15) is 5.26 Å². The highest BCUT2D eigenvalue weighted by Gasteiger charge is 2.22. The van der Waals surface area contributed by atoms with Gasteiger partial charge in [0.25, 0.3) is 0 Å². The lowest BCUT2D eigenvalue weighted by Crippen LogP contribution is -2.26. The number of carbonyl (C=O) groups is 1. The van der Waals surface area contributed by atoms with Gasteiger partial charge in [-0.1, -0.05) is 0 Å². The van der Waals surface area contributed by atoms with Crippen molar-refractivity contribution < 1.29 is 9.53 Å². The number of carbonyl (C=O) groups excluding carboxylic acids is 1. The third kappa shape index (κ3) is 4.08. The Balaban J connectivity index is 2.94. The first-order valence-electron chi connectivity index (χ1n) is 5.01. The Morgan fingerprint density at radius 2 is 2.12 bits per heavy atom. The van der Waals surface area contributed by atoms with E-state index in [-0.39, 0.29) is 5.57 Å². The van der Waals surface area contributed by atoms with Crippen LogP contribution < -0.4 is 5.32 Å². The van der Waals surface area contributed by atoms with Crippen molar-refractivity contribution >= 4 is 21.9 Å². The molecule has 90 valence electrons. The third-order valence-electron chi connectivity index (χ3n) is 1.76. The molecule has 4 nitrogen and oxygen atoms in total. The van der Waals surface area contributed by atoms with Crippen LogP contribution in [0.2, 0.25) is 0 Å². The van der Waals surface area contributed by atoms with Crippen LogP contribution in [0.5, 0.6) is 0 Å². The van der Waals surface area contributed by atoms with Gasteiger partial charge in [0.15, 0.2) is 5.57 Å². The fraction of sp³-hybridized carbons (Fsp3) is 0.333. The van der Waals surface area contributed by atoms with Gasteiger partial charge in [0, 0.05) is 10.7 Å². The Labute approximate surface area is 109 Å². The number of hydrogen-bond donors (Lipinski definition) is 1. The Hall–Kier alpha value is -1.54. The van der Waals surface area contributed by atoms with E-state index in [2.05, 4.69) is 21.2 Å². The predicted octanol–water partition coefficient (Wildman–Crippen LogP) is 2.50. The van der Waals surface area contributed by atoms with Crippen molar-refractivity contribution in [2.45, 2.75) is 26.4 Å². The van der Waals surface area contributed by atoms with E-state index in [1.807, 2.05) is 6.07 Å². The van der Waals surface area contributed by atoms with Crippen LogP contribution in [0.4, 0.5) is 0 Å². The minimum Gasteiger partial charge on any atom is -0.456 e. The van der Waals surface area contributed by atoms with Crippen molar-refractivity contribution in [2.75, 3.05) is 0 Å². The zero-order valence-electron chi connectivity index (χ0n) is 9.87. The van der Waals surface area contributed by atoms with Crippen LogP contribution in [0.25, 0.3) is 0 Å². The summed E-state index contributed by atoms with van der Waals surface area (Å²) in [5.41, 5.74) is -0.216. The first-order chi connectivity index (χ1) is 7.83. The van der Waals surface area contributed by atoms with E-state index in [1.165, 1.54) is 0 Å². The molecule has 0 atom stereocenters. The van der Waals surface area contributed by atoms with Gasteiger partial charge in [0.2, 0.25) is 0 Å². The van der Waals surface area contributed by atoms with Crippen LogP contribution in [0.15, 0.2) is 34.1 Å². The van der Waals surface area contributed by atoms with Crippen molar-refractivity contribution in [3.05, 3.63) is 34.1 Å². The summed E-state index contributed by atoms with van der Waals surface area (Å²) in [6, 6.07) is 1.86. The van der Waals surface area contributed by atoms with Gasteiger partial charge < -0.3 is 10.1 Å². The van der Waals surface area contributed by atoms with E-state index in [0.29, 0.717) is 5.70 Å². The van der Waals surface area contributed by atoms with Crippen LogP contribution in [-0.4, -0.2) is 11.6 Å². The lowest BCUT2D eigenvalue weighted by Gasteiger charge is -2.20. The van der Waals surface area contributed by atoms with Crippen LogP contribution >= 0.6 is 15.9 Å². The molecule has 1 heterocycles. The van der Waals surface area contributed by atoms with E-state index >= 15 is 0 Å². The van der Waals surface area contributed by atoms with Crippen molar-refractivity contribution in [3.8, 4) is 6.07 Å². The highest BCUT2D eigenvalue weighted by atomic mass is 79.9. The van der Waals surface area contributed by atoms with Crippen molar-refractivity contribution in [3.63, 3.8) is 0 Å². The summed E-state index contributed by atoms with van der Waals surface area (Å²) in [5.74, 6) is -0.626. The molecule has 0 saturated heterocycles. The van der Waals surface area contributed by atoms with Gasteiger partial charge in [0.1, 0.15) is 11.7 Å². The number of halogens is 1. The summed E-state index contributed by atoms with van der Waals surface area (Å²) in [5, 5.41) is 11.8. The second-order valence-corrected chi connectivity index (χ2v) is 5.32. The molecule has 5 heteroatoms. The minimum atomic E-state index is -0.626. The second kappa shape index (κ2) is 5.19. The van der Waals surface area contributed by atoms with Crippen LogP contribution in [0.1, 0.15) is 20.8 Å². The largest absolute Gasteiger partial charge is 0.456 e. The second-order valence-electron chi connectivity index (χ2n) is 4.41. The van der Waals surface area contributed by atoms with Crippen LogP contribution in [0, 0.1) is 11.3 Å². The molecule has 0 aromatic carbocycles. The molecule has 1 N–H and O–H groups in total. The van der Waals surface area contributed by atoms with E-state index < -0.39 is 11.6 Å². The number of esters is 1. The molecule has 0 radical (unpaired) electrons. The van der Waals surface area contributed by atoms with Crippen molar-refractivity contribution in [1.82, 2.24) is 5.32 Å². The standard InChI is InChI=1S/C12H13BrN2O2/c1-12(2,3)17-11(16)9(6-14)10-5-4-8(13)7-15-10/h4-5,7,15H,1-3H3/b10-9-. The third-order valence-corrected chi connectivity index (χ3v) is 2.25. The van der Waals surface area contributed by atoms with Crippen molar-refractivity contribution in [2.24, 2.45) is 0 Å². The molecular weight excluding hydrogens is 284 g/mol. The number of ether oxygens (including phenoxy) is 1. The molecule has 0 aromatic rings. The quantitative estimate of drug-likeness (QED) is 0.459. The molecule has 0 spiro atoms. The molecule has 1 aliphatic rings. The van der Waals surface area contributed by atoms with Gasteiger partial charge in [0.05, 0.1) is 5.70 Å². The SMILES string of the molecule is CC(C)(C)OC(=O)/C(C#N)=C1/C=CC(Br)=CN1. The van der Waals surface area contributed by atoms with Gasteiger partial charge in [-0.25, -0.2) is 4.79 Å².